The van der Waals surface area contributed by atoms with E-state index in [1.54, 1.807) is 0 Å². The summed E-state index contributed by atoms with van der Waals surface area (Å²) in [7, 11) is 0. The lowest BCUT2D eigenvalue weighted by molar-refractivity contribution is -0.123. The molecule has 28 nitrogen and oxygen atoms in total. The Hall–Kier alpha value is -5.32. The number of nitrogens with one attached hydrogen (secondary N) is 16. The Morgan fingerprint density at radius 3 is 1.21 bits per heavy atom. The van der Waals surface area contributed by atoms with Crippen molar-refractivity contribution in [3.05, 3.63) is 0 Å². The molecular formula is C45H89F2IN22O6. The second kappa shape index (κ2) is 42.8. The molecule has 0 saturated carbocycles. The van der Waals surface area contributed by atoms with E-state index < -0.39 is 65.9 Å². The van der Waals surface area contributed by atoms with E-state index in [0.717, 1.165) is 0 Å². The lowest BCUT2D eigenvalue weighted by atomic mass is 9.97. The Labute approximate surface area is 458 Å². The number of alkyl halides is 3. The standard InChI is InChI=1S/C45H89F2IN22O6/c1-27(71)32(7-2-12-61-41(50)51)69-26-70-33(8-3-13-62-42(52)53)37(73)19-30(49)17-29(47)21-66-35(10-5-15-64-44(56)57)39(75)24-68-36(11-6-16-65-45(58)59)40(76)25-67-34(9-4-14-63-43(54)55)38(74)23-60-22-31(72)18-28(46)20-48/h28-30,32-36,60,66-70H,2-26,49H2,1H3,(H4,50,51,61)(H4,52,53,62)(H4,54,55,63)(H4,56,57,64)(H4,58,59,65)/t28?,29?,30?,32-,33-,34-,35-,36-/m0/s1. The lowest BCUT2D eigenvalue weighted by Crippen LogP contribution is -2.51. The van der Waals surface area contributed by atoms with Gasteiger partial charge in [0.05, 0.1) is 56.4 Å². The van der Waals surface area contributed by atoms with E-state index in [1.165, 1.54) is 6.92 Å². The number of Topliss-reactive ketones (excluding diaryl/α,β-unsaturated/α-hetero) is 6. The van der Waals surface area contributed by atoms with Gasteiger partial charge in [0.25, 0.3) is 0 Å². The van der Waals surface area contributed by atoms with E-state index in [9.17, 15) is 33.2 Å². The van der Waals surface area contributed by atoms with Crippen molar-refractivity contribution in [3.63, 3.8) is 0 Å². The third kappa shape index (κ3) is 38.3. The predicted octanol–water partition coefficient (Wildman–Crippen LogP) is -4.32. The monoisotopic (exact) mass is 1200 g/mol. The molecule has 31 heteroatoms. The Morgan fingerprint density at radius 1 is 0.474 bits per heavy atom. The second-order valence-electron chi connectivity index (χ2n) is 18.3. The average Bonchev–Trinajstić information content (AvgIpc) is 3.33. The molecule has 0 fully saturated rings. The maximum atomic E-state index is 15.7. The molecule has 8 atom stereocenters. The van der Waals surface area contributed by atoms with Gasteiger partial charge in [-0.15, -0.1) is 0 Å². The molecular weight excluding hydrogens is 1110 g/mol. The van der Waals surface area contributed by atoms with Crippen molar-refractivity contribution in [1.29, 1.82) is 27.0 Å². The molecule has 0 aromatic heterocycles. The molecule has 0 bridgehead atoms. The zero-order valence-corrected chi connectivity index (χ0v) is 46.0. The van der Waals surface area contributed by atoms with Gasteiger partial charge in [0.2, 0.25) is 0 Å². The summed E-state index contributed by atoms with van der Waals surface area (Å²) in [4.78, 5) is 79.0. The summed E-state index contributed by atoms with van der Waals surface area (Å²) in [6.45, 7) is 1.48. The van der Waals surface area contributed by atoms with E-state index in [2.05, 4.69) is 58.5 Å². The van der Waals surface area contributed by atoms with Crippen molar-refractivity contribution in [2.75, 3.05) is 76.5 Å². The smallest absolute Gasteiger partial charge is 0.185 e. The van der Waals surface area contributed by atoms with Crippen LogP contribution in [0, 0.1) is 27.0 Å². The number of nitrogens with two attached hydrogens (primary N) is 6. The minimum atomic E-state index is -1.61. The van der Waals surface area contributed by atoms with Crippen LogP contribution in [0.4, 0.5) is 8.78 Å². The summed E-state index contributed by atoms with van der Waals surface area (Å²) in [5.41, 5.74) is 33.3. The van der Waals surface area contributed by atoms with Crippen molar-refractivity contribution in [2.24, 2.45) is 34.4 Å². The zero-order valence-electron chi connectivity index (χ0n) is 43.8. The predicted molar refractivity (Wildman–Crippen MR) is 299 cm³/mol. The first-order valence-corrected chi connectivity index (χ1v) is 27.0. The van der Waals surface area contributed by atoms with Crippen molar-refractivity contribution in [1.82, 2.24) is 58.5 Å². The van der Waals surface area contributed by atoms with Crippen LogP contribution in [-0.4, -0.2) is 190 Å². The number of carbonyl (C=O) groups is 6. The van der Waals surface area contributed by atoms with Gasteiger partial charge in [0, 0.05) is 69.2 Å². The highest BCUT2D eigenvalue weighted by molar-refractivity contribution is 14.1. The van der Waals surface area contributed by atoms with Gasteiger partial charge in [0.1, 0.15) is 23.9 Å². The summed E-state index contributed by atoms with van der Waals surface area (Å²) < 4.78 is 29.6. The molecule has 0 aromatic rings. The Bertz CT molecular complexity index is 1830. The molecule has 0 rings (SSSR count). The topological polar surface area (TPSA) is 510 Å². The Balaban J connectivity index is 5.96. The average molecular weight is 1200 g/mol. The second-order valence-corrected chi connectivity index (χ2v) is 19.2. The van der Waals surface area contributed by atoms with Crippen LogP contribution < -0.4 is 92.9 Å². The fraction of sp³-hybridized carbons (Fsp3) is 0.756. The molecule has 0 aliphatic carbocycles. The summed E-state index contributed by atoms with van der Waals surface area (Å²) >= 11 is 1.84. The number of guanidine groups is 5. The largest absolute Gasteiger partial charge is 0.370 e. The first-order chi connectivity index (χ1) is 35.9. The van der Waals surface area contributed by atoms with Gasteiger partial charge < -0.3 is 82.3 Å². The minimum Gasteiger partial charge on any atom is -0.370 e. The van der Waals surface area contributed by atoms with Crippen LogP contribution in [0.3, 0.4) is 0 Å². The minimum absolute atomic E-state index is 0.0811. The summed E-state index contributed by atoms with van der Waals surface area (Å²) in [5.74, 6) is -3.27. The van der Waals surface area contributed by atoms with Gasteiger partial charge in [-0.3, -0.25) is 66.4 Å². The highest BCUT2D eigenvalue weighted by Crippen LogP contribution is 2.11. The van der Waals surface area contributed by atoms with Gasteiger partial charge in [-0.2, -0.15) is 0 Å². The number of hydrogen-bond acceptors (Lipinski definition) is 18. The van der Waals surface area contributed by atoms with E-state index in [1.807, 2.05) is 22.6 Å². The fourth-order valence-corrected chi connectivity index (χ4v) is 7.90. The molecule has 0 amide bonds. The van der Waals surface area contributed by atoms with Crippen molar-refractivity contribution in [3.8, 4) is 0 Å². The van der Waals surface area contributed by atoms with Gasteiger partial charge in [-0.25, -0.2) is 8.78 Å². The van der Waals surface area contributed by atoms with Gasteiger partial charge in [-0.1, -0.05) is 22.6 Å². The van der Waals surface area contributed by atoms with Crippen LogP contribution >= 0.6 is 22.6 Å². The molecule has 0 aromatic carbocycles. The van der Waals surface area contributed by atoms with E-state index >= 15 is 4.39 Å². The molecule has 0 spiro atoms. The highest BCUT2D eigenvalue weighted by Gasteiger charge is 2.27. The lowest BCUT2D eigenvalue weighted by Gasteiger charge is -2.24. The summed E-state index contributed by atoms with van der Waals surface area (Å²) in [5, 5.41) is 68.4. The molecule has 3 unspecified atom stereocenters. The quantitative estimate of drug-likeness (QED) is 0.00684. The van der Waals surface area contributed by atoms with Gasteiger partial charge in [-0.05, 0) is 77.6 Å². The Kier molecular flexibility index (Phi) is 39.8. The number of rotatable bonds is 49. The molecule has 0 saturated heterocycles. The van der Waals surface area contributed by atoms with Crippen LogP contribution in [0.2, 0.25) is 0 Å². The molecule has 76 heavy (non-hydrogen) atoms. The SMILES string of the molecule is CC(=O)[C@H](CCCNC(=N)N)NCN[C@@H](CCCNC(=N)N)C(=O)CC(N)CC(F)CN[C@@H](CCCNC(=N)N)C(=O)CN[C@@H](CCCNC(=N)N)C(=O)CN[C@@H](CCCNC(=N)N)C(=O)CNCC(=O)CC(F)CI. The first kappa shape index (κ1) is 70.7. The summed E-state index contributed by atoms with van der Waals surface area (Å²) in [6, 6.07) is -4.97. The van der Waals surface area contributed by atoms with Crippen LogP contribution in [-0.2, 0) is 28.8 Å². The maximum absolute atomic E-state index is 15.7. The number of carbonyl (C=O) groups excluding carboxylic acids is 6. The van der Waals surface area contributed by atoms with Crippen molar-refractivity contribution >= 4 is 87.1 Å². The summed E-state index contributed by atoms with van der Waals surface area (Å²) in [6.07, 6.45) is -0.303. The molecule has 0 radical (unpaired) electrons. The number of ketones is 6. The van der Waals surface area contributed by atoms with E-state index in [-0.39, 0.29) is 149 Å². The van der Waals surface area contributed by atoms with E-state index in [0.29, 0.717) is 58.0 Å². The molecule has 0 heterocycles. The van der Waals surface area contributed by atoms with Crippen LogP contribution in [0.1, 0.15) is 90.4 Å². The van der Waals surface area contributed by atoms with Crippen molar-refractivity contribution in [2.45, 2.75) is 139 Å². The highest BCUT2D eigenvalue weighted by atomic mass is 127. The maximum Gasteiger partial charge on any atom is 0.185 e. The van der Waals surface area contributed by atoms with Gasteiger partial charge in [0.15, 0.2) is 52.9 Å². The number of halogens is 3. The van der Waals surface area contributed by atoms with Gasteiger partial charge >= 0.3 is 0 Å². The third-order valence-corrected chi connectivity index (χ3v) is 12.5. The normalized spacial score (nSPS) is 14.3. The van der Waals surface area contributed by atoms with Crippen LogP contribution in [0.5, 0.6) is 0 Å². The fourth-order valence-electron chi connectivity index (χ4n) is 7.59. The van der Waals surface area contributed by atoms with E-state index in [4.69, 9.17) is 61.4 Å². The molecule has 0 aliphatic heterocycles. The van der Waals surface area contributed by atoms with Crippen molar-refractivity contribution < 1.29 is 37.5 Å². The molecule has 28 N–H and O–H groups in total. The number of hydrogen-bond donors (Lipinski definition) is 22. The van der Waals surface area contributed by atoms with Crippen LogP contribution in [0.25, 0.3) is 0 Å². The molecule has 0 aliphatic rings. The third-order valence-electron chi connectivity index (χ3n) is 11.6. The first-order valence-electron chi connectivity index (χ1n) is 25.4. The van der Waals surface area contributed by atoms with Crippen LogP contribution in [0.15, 0.2) is 0 Å². The zero-order chi connectivity index (χ0) is 57.4. The Morgan fingerprint density at radius 2 is 0.829 bits per heavy atom. The molecule has 436 valence electrons.